The minimum Gasteiger partial charge on any atom is -0.369 e. The van der Waals surface area contributed by atoms with E-state index < -0.39 is 0 Å². The quantitative estimate of drug-likeness (QED) is 0.654. The number of fused-ring (bicyclic) bond motifs is 2. The third kappa shape index (κ3) is 1.85. The molecule has 0 saturated heterocycles. The molecule has 0 fully saturated rings. The van der Waals surface area contributed by atoms with Crippen molar-refractivity contribution >= 4 is 28.2 Å². The Balaban J connectivity index is 0.000000574. The Morgan fingerprint density at radius 2 is 2.11 bits per heavy atom. The first-order chi connectivity index (χ1) is 8.65. The molecule has 0 unspecified atom stereocenters. The number of nitrogens with zero attached hydrogens (tertiary/aromatic N) is 2. The molecule has 18 heavy (non-hydrogen) atoms. The van der Waals surface area contributed by atoms with E-state index in [1.54, 1.807) is 6.07 Å². The number of benzene rings is 1. The number of hydrogen-bond acceptors (Lipinski definition) is 5. The summed E-state index contributed by atoms with van der Waals surface area (Å²) in [6.07, 6.45) is 0. The van der Waals surface area contributed by atoms with E-state index in [1.165, 1.54) is 0 Å². The summed E-state index contributed by atoms with van der Waals surface area (Å²) in [6, 6.07) is 3.68. The predicted octanol–water partition coefficient (Wildman–Crippen LogP) is 1.35. The number of nitrogens with two attached hydrogens (primary N) is 1. The number of nitrogens with one attached hydrogen (secondary N) is 2. The van der Waals surface area contributed by atoms with Gasteiger partial charge < -0.3 is 16.0 Å². The Bertz CT molecular complexity index is 634. The van der Waals surface area contributed by atoms with Gasteiger partial charge in [-0.3, -0.25) is 9.78 Å². The minimum atomic E-state index is -0.207. The summed E-state index contributed by atoms with van der Waals surface area (Å²) >= 11 is 0. The van der Waals surface area contributed by atoms with Gasteiger partial charge in [-0.05, 0) is 12.1 Å². The molecule has 0 aliphatic carbocycles. The molecule has 96 valence electrons. The van der Waals surface area contributed by atoms with Crippen molar-refractivity contribution in [2.45, 2.75) is 13.8 Å². The minimum absolute atomic E-state index is 0.144. The SMILES string of the molecule is CC.CN1CNc2cc3c(=O)[nH]c(N)nc3cc21. The first kappa shape index (κ1) is 12.2. The fraction of sp³-hybridized carbons (Fsp3) is 0.333. The molecule has 6 heteroatoms. The standard InChI is InChI=1S/C10H11N5O.C2H6/c1-15-4-12-7-2-5-6(3-8(7)15)13-10(11)14-9(5)16;1-2/h2-3,12H,4H2,1H3,(H3,11,13,14,16);1-2H3. The number of aromatic nitrogens is 2. The molecule has 2 aromatic rings. The average molecular weight is 247 g/mol. The maximum atomic E-state index is 11.7. The first-order valence-corrected chi connectivity index (χ1v) is 5.94. The van der Waals surface area contributed by atoms with E-state index in [-0.39, 0.29) is 11.5 Å². The van der Waals surface area contributed by atoms with Crippen LogP contribution in [0.3, 0.4) is 0 Å². The number of anilines is 3. The lowest BCUT2D eigenvalue weighted by atomic mass is 10.2. The fourth-order valence-corrected chi connectivity index (χ4v) is 1.94. The highest BCUT2D eigenvalue weighted by molar-refractivity contribution is 5.91. The molecule has 0 spiro atoms. The summed E-state index contributed by atoms with van der Waals surface area (Å²) in [5.41, 5.74) is 7.91. The van der Waals surface area contributed by atoms with Crippen LogP contribution in [0.5, 0.6) is 0 Å². The van der Waals surface area contributed by atoms with E-state index >= 15 is 0 Å². The van der Waals surface area contributed by atoms with E-state index in [4.69, 9.17) is 5.73 Å². The van der Waals surface area contributed by atoms with Crippen molar-refractivity contribution in [3.8, 4) is 0 Å². The number of H-pyrrole nitrogens is 1. The molecule has 4 N–H and O–H groups in total. The van der Waals surface area contributed by atoms with Gasteiger partial charge in [0.25, 0.3) is 5.56 Å². The zero-order valence-corrected chi connectivity index (χ0v) is 10.7. The Morgan fingerprint density at radius 3 is 2.83 bits per heavy atom. The highest BCUT2D eigenvalue weighted by Gasteiger charge is 2.17. The van der Waals surface area contributed by atoms with Crippen LogP contribution in [0.2, 0.25) is 0 Å². The van der Waals surface area contributed by atoms with E-state index in [0.29, 0.717) is 10.9 Å². The van der Waals surface area contributed by atoms with Crippen molar-refractivity contribution < 1.29 is 0 Å². The molecule has 1 aromatic carbocycles. The second-order valence-electron chi connectivity index (χ2n) is 3.87. The maximum absolute atomic E-state index is 11.7. The zero-order chi connectivity index (χ0) is 13.3. The Kier molecular flexibility index (Phi) is 3.10. The van der Waals surface area contributed by atoms with Gasteiger partial charge in [-0.15, -0.1) is 0 Å². The van der Waals surface area contributed by atoms with Crippen molar-refractivity contribution in [2.24, 2.45) is 0 Å². The predicted molar refractivity (Wildman–Crippen MR) is 75.0 cm³/mol. The summed E-state index contributed by atoms with van der Waals surface area (Å²) in [5, 5.41) is 3.75. The van der Waals surface area contributed by atoms with Crippen LogP contribution in [0.4, 0.5) is 17.3 Å². The van der Waals surface area contributed by atoms with Crippen molar-refractivity contribution in [3.05, 3.63) is 22.5 Å². The summed E-state index contributed by atoms with van der Waals surface area (Å²) in [4.78, 5) is 20.3. The van der Waals surface area contributed by atoms with Gasteiger partial charge in [-0.1, -0.05) is 13.8 Å². The van der Waals surface area contributed by atoms with Crippen molar-refractivity contribution in [3.63, 3.8) is 0 Å². The molecule has 0 bridgehead atoms. The summed E-state index contributed by atoms with van der Waals surface area (Å²) in [5.74, 6) is 0.144. The first-order valence-electron chi connectivity index (χ1n) is 5.94. The monoisotopic (exact) mass is 247 g/mol. The summed E-state index contributed by atoms with van der Waals surface area (Å²) in [6.45, 7) is 4.74. The van der Waals surface area contributed by atoms with Crippen molar-refractivity contribution in [1.82, 2.24) is 9.97 Å². The molecule has 1 aliphatic rings. The van der Waals surface area contributed by atoms with Gasteiger partial charge in [-0.25, -0.2) is 4.98 Å². The highest BCUT2D eigenvalue weighted by Crippen LogP contribution is 2.32. The molecule has 0 amide bonds. The largest absolute Gasteiger partial charge is 0.369 e. The Hall–Kier alpha value is -2.24. The van der Waals surface area contributed by atoms with Crippen LogP contribution in [0.15, 0.2) is 16.9 Å². The second kappa shape index (κ2) is 4.56. The molecule has 1 aliphatic heterocycles. The van der Waals surface area contributed by atoms with Gasteiger partial charge in [0.05, 0.1) is 28.9 Å². The smallest absolute Gasteiger partial charge is 0.260 e. The van der Waals surface area contributed by atoms with Crippen LogP contribution < -0.4 is 21.5 Å². The van der Waals surface area contributed by atoms with Crippen LogP contribution in [0.25, 0.3) is 10.9 Å². The van der Waals surface area contributed by atoms with Gasteiger partial charge >= 0.3 is 0 Å². The van der Waals surface area contributed by atoms with Crippen LogP contribution in [-0.4, -0.2) is 23.7 Å². The summed E-state index contributed by atoms with van der Waals surface area (Å²) < 4.78 is 0. The van der Waals surface area contributed by atoms with Gasteiger partial charge in [0.1, 0.15) is 0 Å². The topological polar surface area (TPSA) is 87.0 Å². The number of aromatic amines is 1. The molecule has 3 rings (SSSR count). The fourth-order valence-electron chi connectivity index (χ4n) is 1.94. The van der Waals surface area contributed by atoms with E-state index in [1.807, 2.05) is 31.9 Å². The normalized spacial score (nSPS) is 12.7. The molecule has 1 aromatic heterocycles. The average Bonchev–Trinajstić information content (AvgIpc) is 2.71. The van der Waals surface area contributed by atoms with E-state index in [0.717, 1.165) is 18.0 Å². The van der Waals surface area contributed by atoms with Crippen LogP contribution in [0.1, 0.15) is 13.8 Å². The molecular formula is C12H17N5O. The Morgan fingerprint density at radius 1 is 1.39 bits per heavy atom. The lowest BCUT2D eigenvalue weighted by molar-refractivity contribution is 1.03. The lowest BCUT2D eigenvalue weighted by Crippen LogP contribution is -2.16. The lowest BCUT2D eigenvalue weighted by Gasteiger charge is -2.09. The molecule has 0 atom stereocenters. The van der Waals surface area contributed by atoms with Crippen molar-refractivity contribution in [2.75, 3.05) is 29.7 Å². The molecule has 0 radical (unpaired) electrons. The molecule has 6 nitrogen and oxygen atoms in total. The molecule has 0 saturated carbocycles. The number of nitrogen functional groups attached to an aromatic ring is 1. The van der Waals surface area contributed by atoms with Crippen LogP contribution in [-0.2, 0) is 0 Å². The van der Waals surface area contributed by atoms with Crippen molar-refractivity contribution in [1.29, 1.82) is 0 Å². The third-order valence-corrected chi connectivity index (χ3v) is 2.76. The van der Waals surface area contributed by atoms with Gasteiger partial charge in [-0.2, -0.15) is 0 Å². The number of hydrogen-bond donors (Lipinski definition) is 3. The van der Waals surface area contributed by atoms with E-state index in [2.05, 4.69) is 15.3 Å². The van der Waals surface area contributed by atoms with E-state index in [9.17, 15) is 4.79 Å². The van der Waals surface area contributed by atoms with Crippen LogP contribution >= 0.6 is 0 Å². The highest BCUT2D eigenvalue weighted by atomic mass is 16.1. The second-order valence-corrected chi connectivity index (χ2v) is 3.87. The van der Waals surface area contributed by atoms with Gasteiger partial charge in [0, 0.05) is 7.05 Å². The molecule has 2 heterocycles. The maximum Gasteiger partial charge on any atom is 0.260 e. The summed E-state index contributed by atoms with van der Waals surface area (Å²) in [7, 11) is 1.97. The van der Waals surface area contributed by atoms with Gasteiger partial charge in [0.2, 0.25) is 5.95 Å². The molecular weight excluding hydrogens is 230 g/mol. The van der Waals surface area contributed by atoms with Gasteiger partial charge in [0.15, 0.2) is 0 Å². The zero-order valence-electron chi connectivity index (χ0n) is 10.7. The third-order valence-electron chi connectivity index (χ3n) is 2.76. The Labute approximate surface area is 105 Å². The number of rotatable bonds is 0. The van der Waals surface area contributed by atoms with Crippen LogP contribution in [0, 0.1) is 0 Å².